The molecule has 0 aliphatic heterocycles. The van der Waals surface area contributed by atoms with Crippen molar-refractivity contribution in [1.29, 1.82) is 0 Å². The molecule has 0 aromatic carbocycles. The van der Waals surface area contributed by atoms with Gasteiger partial charge in [0.15, 0.2) is 5.96 Å². The van der Waals surface area contributed by atoms with Crippen molar-refractivity contribution in [3.8, 4) is 0 Å². The lowest BCUT2D eigenvalue weighted by molar-refractivity contribution is 0.721. The molecule has 1 aliphatic carbocycles. The summed E-state index contributed by atoms with van der Waals surface area (Å²) in [6.07, 6.45) is 2.38. The van der Waals surface area contributed by atoms with Crippen LogP contribution in [0.15, 0.2) is 17.1 Å². The highest BCUT2D eigenvalue weighted by Crippen LogP contribution is 2.24. The van der Waals surface area contributed by atoms with Crippen molar-refractivity contribution in [2.24, 2.45) is 10.7 Å². The Kier molecular flexibility index (Phi) is 2.95. The molecule has 1 atom stereocenters. The lowest BCUT2D eigenvalue weighted by Gasteiger charge is -2.12. The molecular weight excluding hydrogens is 206 g/mol. The van der Waals surface area contributed by atoms with Gasteiger partial charge < -0.3 is 11.1 Å². The number of rotatable bonds is 3. The SMILES string of the molecule is Cc1ccc(C(C)NC(N)=NC2CC2)s1. The van der Waals surface area contributed by atoms with Gasteiger partial charge in [-0.25, -0.2) is 0 Å². The third kappa shape index (κ3) is 2.96. The summed E-state index contributed by atoms with van der Waals surface area (Å²) in [5, 5.41) is 3.22. The van der Waals surface area contributed by atoms with Gasteiger partial charge in [-0.1, -0.05) is 0 Å². The molecule has 1 unspecified atom stereocenters. The zero-order chi connectivity index (χ0) is 10.8. The standard InChI is InChI=1S/C11H17N3S/c1-7-3-6-10(15-7)8(2)13-11(12)14-9-4-5-9/h3,6,8-9H,4-5H2,1-2H3,(H3,12,13,14). The number of hydrogen-bond donors (Lipinski definition) is 2. The lowest BCUT2D eigenvalue weighted by atomic mass is 10.3. The van der Waals surface area contributed by atoms with Crippen molar-refractivity contribution in [1.82, 2.24) is 5.32 Å². The first-order chi connectivity index (χ1) is 7.15. The van der Waals surface area contributed by atoms with Crippen LogP contribution >= 0.6 is 11.3 Å². The van der Waals surface area contributed by atoms with Crippen molar-refractivity contribution in [2.45, 2.75) is 38.8 Å². The predicted molar refractivity (Wildman–Crippen MR) is 65.3 cm³/mol. The number of nitrogens with two attached hydrogens (primary N) is 1. The molecule has 82 valence electrons. The molecule has 0 bridgehead atoms. The summed E-state index contributed by atoms with van der Waals surface area (Å²) in [7, 11) is 0. The van der Waals surface area contributed by atoms with Crippen LogP contribution < -0.4 is 11.1 Å². The topological polar surface area (TPSA) is 50.4 Å². The van der Waals surface area contributed by atoms with E-state index in [9.17, 15) is 0 Å². The fraction of sp³-hybridized carbons (Fsp3) is 0.545. The first-order valence-electron chi connectivity index (χ1n) is 5.31. The number of hydrogen-bond acceptors (Lipinski definition) is 2. The van der Waals surface area contributed by atoms with Crippen LogP contribution in [-0.2, 0) is 0 Å². The zero-order valence-corrected chi connectivity index (χ0v) is 9.97. The average Bonchev–Trinajstić information content (AvgIpc) is 2.85. The van der Waals surface area contributed by atoms with Gasteiger partial charge in [-0.2, -0.15) is 0 Å². The second-order valence-electron chi connectivity index (χ2n) is 4.06. The molecule has 2 rings (SSSR count). The molecule has 15 heavy (non-hydrogen) atoms. The van der Waals surface area contributed by atoms with E-state index in [1.165, 1.54) is 22.6 Å². The van der Waals surface area contributed by atoms with Crippen molar-refractivity contribution in [2.75, 3.05) is 0 Å². The molecule has 0 saturated heterocycles. The Hall–Kier alpha value is -1.03. The summed E-state index contributed by atoms with van der Waals surface area (Å²) in [6.45, 7) is 4.23. The zero-order valence-electron chi connectivity index (χ0n) is 9.16. The van der Waals surface area contributed by atoms with Crippen molar-refractivity contribution in [3.05, 3.63) is 21.9 Å². The number of nitrogens with zero attached hydrogens (tertiary/aromatic N) is 1. The van der Waals surface area contributed by atoms with Crippen LogP contribution in [0.5, 0.6) is 0 Å². The minimum absolute atomic E-state index is 0.256. The molecule has 1 fully saturated rings. The van der Waals surface area contributed by atoms with Crippen LogP contribution in [0.2, 0.25) is 0 Å². The average molecular weight is 223 g/mol. The number of nitrogens with one attached hydrogen (secondary N) is 1. The normalized spacial score (nSPS) is 18.9. The van der Waals surface area contributed by atoms with Crippen molar-refractivity contribution < 1.29 is 0 Å². The van der Waals surface area contributed by atoms with Gasteiger partial charge in [0.25, 0.3) is 0 Å². The van der Waals surface area contributed by atoms with Gasteiger partial charge in [-0.05, 0) is 38.8 Å². The van der Waals surface area contributed by atoms with E-state index in [4.69, 9.17) is 5.73 Å². The van der Waals surface area contributed by atoms with Gasteiger partial charge in [0.05, 0.1) is 12.1 Å². The number of thiophene rings is 1. The third-order valence-corrected chi connectivity index (χ3v) is 3.60. The monoisotopic (exact) mass is 223 g/mol. The van der Waals surface area contributed by atoms with E-state index in [1.807, 2.05) is 0 Å². The van der Waals surface area contributed by atoms with E-state index in [1.54, 1.807) is 11.3 Å². The highest BCUT2D eigenvalue weighted by Gasteiger charge is 2.20. The van der Waals surface area contributed by atoms with Gasteiger partial charge in [-0.15, -0.1) is 11.3 Å². The second-order valence-corrected chi connectivity index (χ2v) is 5.38. The van der Waals surface area contributed by atoms with Gasteiger partial charge in [0.1, 0.15) is 0 Å². The van der Waals surface area contributed by atoms with Crippen LogP contribution in [0, 0.1) is 6.92 Å². The molecule has 3 N–H and O–H groups in total. The van der Waals surface area contributed by atoms with Crippen LogP contribution in [0.4, 0.5) is 0 Å². The Labute approximate surface area is 94.4 Å². The summed E-state index contributed by atoms with van der Waals surface area (Å²) < 4.78 is 0. The van der Waals surface area contributed by atoms with Crippen molar-refractivity contribution in [3.63, 3.8) is 0 Å². The first kappa shape index (κ1) is 10.5. The van der Waals surface area contributed by atoms with E-state index in [-0.39, 0.29) is 6.04 Å². The Bertz CT molecular complexity index is 366. The molecule has 1 saturated carbocycles. The minimum Gasteiger partial charge on any atom is -0.370 e. The largest absolute Gasteiger partial charge is 0.370 e. The van der Waals surface area contributed by atoms with Crippen LogP contribution in [-0.4, -0.2) is 12.0 Å². The van der Waals surface area contributed by atoms with Crippen molar-refractivity contribution >= 4 is 17.3 Å². The summed E-state index contributed by atoms with van der Waals surface area (Å²) >= 11 is 1.80. The molecule has 3 nitrogen and oxygen atoms in total. The maximum absolute atomic E-state index is 5.80. The molecule has 4 heteroatoms. The molecule has 1 aromatic heterocycles. The highest BCUT2D eigenvalue weighted by atomic mass is 32.1. The summed E-state index contributed by atoms with van der Waals surface area (Å²) in [5.41, 5.74) is 5.80. The van der Waals surface area contributed by atoms with E-state index in [0.29, 0.717) is 12.0 Å². The molecule has 1 aliphatic rings. The minimum atomic E-state index is 0.256. The van der Waals surface area contributed by atoms with Crippen LogP contribution in [0.25, 0.3) is 0 Å². The summed E-state index contributed by atoms with van der Waals surface area (Å²) in [6, 6.07) is 5.01. The Morgan fingerprint density at radius 3 is 2.87 bits per heavy atom. The molecule has 0 radical (unpaired) electrons. The molecular formula is C11H17N3S. The van der Waals surface area contributed by atoms with Gasteiger partial charge in [-0.3, -0.25) is 4.99 Å². The first-order valence-corrected chi connectivity index (χ1v) is 6.13. The number of guanidine groups is 1. The van der Waals surface area contributed by atoms with E-state index >= 15 is 0 Å². The quantitative estimate of drug-likeness (QED) is 0.609. The molecule has 1 aromatic rings. The Morgan fingerprint density at radius 1 is 1.60 bits per heavy atom. The molecule has 1 heterocycles. The van der Waals surface area contributed by atoms with Crippen LogP contribution in [0.1, 0.15) is 35.6 Å². The van der Waals surface area contributed by atoms with Gasteiger partial charge >= 0.3 is 0 Å². The fourth-order valence-electron chi connectivity index (χ4n) is 1.42. The number of aliphatic imine (C=N–C) groups is 1. The van der Waals surface area contributed by atoms with Gasteiger partial charge in [0, 0.05) is 9.75 Å². The highest BCUT2D eigenvalue weighted by molar-refractivity contribution is 7.12. The van der Waals surface area contributed by atoms with Crippen LogP contribution in [0.3, 0.4) is 0 Å². The Morgan fingerprint density at radius 2 is 2.33 bits per heavy atom. The molecule has 0 spiro atoms. The molecule has 0 amide bonds. The smallest absolute Gasteiger partial charge is 0.189 e. The van der Waals surface area contributed by atoms with E-state index in [2.05, 4.69) is 36.3 Å². The second kappa shape index (κ2) is 4.23. The van der Waals surface area contributed by atoms with E-state index < -0.39 is 0 Å². The van der Waals surface area contributed by atoms with Gasteiger partial charge in [0.2, 0.25) is 0 Å². The maximum Gasteiger partial charge on any atom is 0.189 e. The summed E-state index contributed by atoms with van der Waals surface area (Å²) in [5.74, 6) is 0.580. The fourth-order valence-corrected chi connectivity index (χ4v) is 2.30. The van der Waals surface area contributed by atoms with E-state index in [0.717, 1.165) is 0 Å². The third-order valence-electron chi connectivity index (χ3n) is 2.42. The summed E-state index contributed by atoms with van der Waals surface area (Å²) in [4.78, 5) is 6.99. The predicted octanol–water partition coefficient (Wildman–Crippen LogP) is 2.18. The Balaban J connectivity index is 1.93. The number of aryl methyl sites for hydroxylation is 1. The maximum atomic E-state index is 5.80. The lowest BCUT2D eigenvalue weighted by Crippen LogP contribution is -2.33.